The molecule has 2 aromatic heterocycles. The van der Waals surface area contributed by atoms with E-state index < -0.39 is 17.9 Å². The van der Waals surface area contributed by atoms with Crippen LogP contribution in [-0.4, -0.2) is 26.4 Å². The highest BCUT2D eigenvalue weighted by Gasteiger charge is 2.34. The normalized spacial score (nSPS) is 11.5. The molecule has 9 heteroatoms. The van der Waals surface area contributed by atoms with Gasteiger partial charge in [-0.3, -0.25) is 19.5 Å². The minimum atomic E-state index is -1.01. The Bertz CT molecular complexity index is 1170. The number of nitrogens with one attached hydrogen (secondary N) is 1. The van der Waals surface area contributed by atoms with E-state index in [1.165, 1.54) is 22.4 Å². The molecule has 0 spiro atoms. The van der Waals surface area contributed by atoms with Crippen molar-refractivity contribution in [1.82, 2.24) is 19.9 Å². The lowest BCUT2D eigenvalue weighted by atomic mass is 10.0. The fraction of sp³-hybridized carbons (Fsp3) is 0.0870. The summed E-state index contributed by atoms with van der Waals surface area (Å²) in [6, 6.07) is 17.1. The summed E-state index contributed by atoms with van der Waals surface area (Å²) in [6.45, 7) is 0.172. The lowest BCUT2D eigenvalue weighted by Crippen LogP contribution is -2.44. The number of anilines is 1. The van der Waals surface area contributed by atoms with Crippen LogP contribution in [0.5, 0.6) is 0 Å². The fourth-order valence-electron chi connectivity index (χ4n) is 3.20. The average Bonchev–Trinajstić information content (AvgIpc) is 3.38. The van der Waals surface area contributed by atoms with Crippen molar-refractivity contribution in [2.24, 2.45) is 0 Å². The van der Waals surface area contributed by atoms with Crippen LogP contribution in [0.25, 0.3) is 0 Å². The van der Waals surface area contributed by atoms with Crippen molar-refractivity contribution in [2.75, 3.05) is 4.90 Å². The maximum absolute atomic E-state index is 13.4. The van der Waals surface area contributed by atoms with E-state index >= 15 is 0 Å². The lowest BCUT2D eigenvalue weighted by molar-refractivity contribution is -0.122. The van der Waals surface area contributed by atoms with E-state index in [-0.39, 0.29) is 18.1 Å². The Hall–Kier alpha value is -3.98. The summed E-state index contributed by atoms with van der Waals surface area (Å²) in [5.74, 6) is -1.23. The second-order valence-corrected chi connectivity index (χ2v) is 7.44. The summed E-state index contributed by atoms with van der Waals surface area (Å²) in [5.41, 5.74) is 1.92. The third-order valence-electron chi connectivity index (χ3n) is 4.72. The van der Waals surface area contributed by atoms with Crippen molar-refractivity contribution in [3.8, 4) is 0 Å². The summed E-state index contributed by atoms with van der Waals surface area (Å²) < 4.78 is 17.0. The van der Waals surface area contributed by atoms with Crippen LogP contribution in [0, 0.1) is 5.82 Å². The zero-order chi connectivity index (χ0) is 22.3. The highest BCUT2D eigenvalue weighted by molar-refractivity contribution is 7.03. The first kappa shape index (κ1) is 21.3. The molecule has 2 heterocycles. The minimum Gasteiger partial charge on any atom is -0.350 e. The van der Waals surface area contributed by atoms with Gasteiger partial charge in [0.25, 0.3) is 5.91 Å². The zero-order valence-corrected chi connectivity index (χ0v) is 17.6. The molecular weight excluding hydrogens is 429 g/mol. The number of aromatic nitrogens is 3. The number of para-hydroxylation sites is 1. The van der Waals surface area contributed by atoms with E-state index in [0.29, 0.717) is 11.3 Å². The van der Waals surface area contributed by atoms with Crippen LogP contribution < -0.4 is 10.2 Å². The van der Waals surface area contributed by atoms with Gasteiger partial charge in [0.1, 0.15) is 11.9 Å². The fourth-order valence-corrected chi connectivity index (χ4v) is 3.63. The number of carbonyl (C=O) groups is 2. The van der Waals surface area contributed by atoms with Gasteiger partial charge in [-0.1, -0.05) is 40.9 Å². The molecule has 0 fully saturated rings. The van der Waals surface area contributed by atoms with Crippen molar-refractivity contribution in [1.29, 1.82) is 0 Å². The lowest BCUT2D eigenvalue weighted by Gasteiger charge is -2.30. The molecule has 0 unspecified atom stereocenters. The number of pyridine rings is 1. The Labute approximate surface area is 187 Å². The molecule has 0 radical (unpaired) electrons. The highest BCUT2D eigenvalue weighted by atomic mass is 32.1. The largest absolute Gasteiger partial charge is 0.350 e. The third-order valence-corrected chi connectivity index (χ3v) is 5.22. The van der Waals surface area contributed by atoms with Gasteiger partial charge in [-0.05, 0) is 47.4 Å². The second-order valence-electron chi connectivity index (χ2n) is 6.83. The smallest absolute Gasteiger partial charge is 0.280 e. The van der Waals surface area contributed by atoms with E-state index in [4.69, 9.17) is 0 Å². The van der Waals surface area contributed by atoms with Crippen molar-refractivity contribution >= 4 is 29.0 Å². The van der Waals surface area contributed by atoms with Crippen LogP contribution in [-0.2, 0) is 11.3 Å². The van der Waals surface area contributed by atoms with Crippen molar-refractivity contribution in [2.45, 2.75) is 12.6 Å². The van der Waals surface area contributed by atoms with Gasteiger partial charge < -0.3 is 5.32 Å². The number of amides is 2. The van der Waals surface area contributed by atoms with Crippen LogP contribution in [0.2, 0.25) is 0 Å². The predicted octanol–water partition coefficient (Wildman–Crippen LogP) is 3.78. The summed E-state index contributed by atoms with van der Waals surface area (Å²) >= 11 is 1.05. The molecule has 0 saturated heterocycles. The minimum absolute atomic E-state index is 0.138. The molecule has 0 aliphatic heterocycles. The predicted molar refractivity (Wildman–Crippen MR) is 118 cm³/mol. The van der Waals surface area contributed by atoms with Gasteiger partial charge in [0.05, 0.1) is 0 Å². The first-order chi connectivity index (χ1) is 15.6. The van der Waals surface area contributed by atoms with E-state index in [9.17, 15) is 14.0 Å². The zero-order valence-electron chi connectivity index (χ0n) is 16.8. The first-order valence-electron chi connectivity index (χ1n) is 9.71. The summed E-state index contributed by atoms with van der Waals surface area (Å²) in [6.07, 6.45) is 3.14. The number of halogens is 1. The number of carbonyl (C=O) groups excluding carboxylic acids is 2. The van der Waals surface area contributed by atoms with Crippen LogP contribution in [0.3, 0.4) is 0 Å². The Morgan fingerprint density at radius 3 is 2.47 bits per heavy atom. The molecule has 2 amide bonds. The van der Waals surface area contributed by atoms with Crippen molar-refractivity contribution in [3.63, 3.8) is 0 Å². The standard InChI is InChI=1S/C23H18FN5O2S/c24-18-10-8-16(9-11-18)13-26-22(30)21(17-5-4-12-25-14-17)29(19-6-2-1-3-7-19)23(31)20-15-32-28-27-20/h1-12,14-15,21H,13H2,(H,26,30)/t21-/m0/s1. The molecule has 0 saturated carbocycles. The number of hydrogen-bond acceptors (Lipinski definition) is 6. The Kier molecular flexibility index (Phi) is 6.57. The second kappa shape index (κ2) is 9.88. The summed E-state index contributed by atoms with van der Waals surface area (Å²) in [4.78, 5) is 32.4. The SMILES string of the molecule is O=C(NCc1ccc(F)cc1)[C@H](c1cccnc1)N(C(=O)c1csnn1)c1ccccc1. The third kappa shape index (κ3) is 4.84. The quantitative estimate of drug-likeness (QED) is 0.466. The van der Waals surface area contributed by atoms with Gasteiger partial charge in [-0.25, -0.2) is 4.39 Å². The number of rotatable bonds is 7. The topological polar surface area (TPSA) is 88.1 Å². The monoisotopic (exact) mass is 447 g/mol. The van der Waals surface area contributed by atoms with E-state index in [1.807, 2.05) is 6.07 Å². The molecule has 32 heavy (non-hydrogen) atoms. The van der Waals surface area contributed by atoms with Crippen LogP contribution in [0.1, 0.15) is 27.7 Å². The van der Waals surface area contributed by atoms with Gasteiger partial charge in [-0.2, -0.15) is 0 Å². The summed E-state index contributed by atoms with van der Waals surface area (Å²) in [7, 11) is 0. The molecule has 0 aliphatic rings. The maximum Gasteiger partial charge on any atom is 0.280 e. The number of hydrogen-bond donors (Lipinski definition) is 1. The number of nitrogens with zero attached hydrogens (tertiary/aromatic N) is 4. The van der Waals surface area contributed by atoms with Gasteiger partial charge in [0.2, 0.25) is 5.91 Å². The Balaban J connectivity index is 1.71. The molecule has 2 aromatic carbocycles. The first-order valence-corrected chi connectivity index (χ1v) is 10.5. The molecule has 1 N–H and O–H groups in total. The highest BCUT2D eigenvalue weighted by Crippen LogP contribution is 2.29. The van der Waals surface area contributed by atoms with Crippen molar-refractivity contribution in [3.05, 3.63) is 107 Å². The van der Waals surface area contributed by atoms with Gasteiger partial charge in [-0.15, -0.1) is 5.10 Å². The summed E-state index contributed by atoms with van der Waals surface area (Å²) in [5, 5.41) is 8.28. The van der Waals surface area contributed by atoms with Crippen LogP contribution in [0.15, 0.2) is 84.5 Å². The number of benzene rings is 2. The van der Waals surface area contributed by atoms with Gasteiger partial charge in [0, 0.05) is 35.6 Å². The van der Waals surface area contributed by atoms with Crippen molar-refractivity contribution < 1.29 is 14.0 Å². The Morgan fingerprint density at radius 2 is 1.81 bits per heavy atom. The molecular formula is C23H18FN5O2S. The molecule has 4 rings (SSSR count). The molecule has 160 valence electrons. The van der Waals surface area contributed by atoms with Gasteiger partial charge in [0.15, 0.2) is 5.69 Å². The maximum atomic E-state index is 13.4. The molecule has 7 nitrogen and oxygen atoms in total. The molecule has 0 bridgehead atoms. The van der Waals surface area contributed by atoms with Crippen LogP contribution >= 0.6 is 11.5 Å². The molecule has 1 atom stereocenters. The van der Waals surface area contributed by atoms with E-state index in [0.717, 1.165) is 17.1 Å². The average molecular weight is 447 g/mol. The van der Waals surface area contributed by atoms with Gasteiger partial charge >= 0.3 is 0 Å². The van der Waals surface area contributed by atoms with Crippen LogP contribution in [0.4, 0.5) is 10.1 Å². The molecule has 0 aliphatic carbocycles. The Morgan fingerprint density at radius 1 is 1.03 bits per heavy atom. The molecule has 4 aromatic rings. The van der Waals surface area contributed by atoms with E-state index in [2.05, 4.69) is 19.9 Å². The van der Waals surface area contributed by atoms with E-state index in [1.54, 1.807) is 60.9 Å².